The molecule has 2 N–H and O–H groups in total. The molecule has 2 aromatic carbocycles. The molecule has 4 aliphatic rings. The molecule has 7 rings (SSSR count). The van der Waals surface area contributed by atoms with Crippen LogP contribution in [0.4, 0.5) is 5.69 Å². The minimum Gasteiger partial charge on any atom is -0.375 e. The molecule has 5 amide bonds. The van der Waals surface area contributed by atoms with Gasteiger partial charge < -0.3 is 20.3 Å². The van der Waals surface area contributed by atoms with Crippen LogP contribution in [0.15, 0.2) is 60.7 Å². The lowest BCUT2D eigenvalue weighted by molar-refractivity contribution is -0.141. The van der Waals surface area contributed by atoms with Crippen molar-refractivity contribution in [3.05, 3.63) is 66.2 Å². The highest BCUT2D eigenvalue weighted by Gasteiger charge is 2.63. The maximum absolute atomic E-state index is 13.9. The third-order valence-corrected chi connectivity index (χ3v) is 18.7. The Morgan fingerprint density at radius 2 is 1.50 bits per heavy atom. The predicted octanol–water partition coefficient (Wildman–Crippen LogP) is 8.08. The minimum atomic E-state index is -0.657. The van der Waals surface area contributed by atoms with Crippen LogP contribution in [0.2, 0.25) is 0 Å². The summed E-state index contributed by atoms with van der Waals surface area (Å²) >= 11 is 0. The number of anilines is 1. The summed E-state index contributed by atoms with van der Waals surface area (Å²) < 4.78 is 8.17. The van der Waals surface area contributed by atoms with Crippen LogP contribution < -0.4 is 15.5 Å². The molecule has 2 fully saturated rings. The number of hydrogen-bond donors (Lipinski definition) is 2. The molecule has 0 spiro atoms. The number of fused-ring (bicyclic) bond motifs is 10. The molecule has 1 saturated carbocycles. The largest absolute Gasteiger partial charge is 0.375 e. The topological polar surface area (TPSA) is 156 Å². The first kappa shape index (κ1) is 49.1. The first-order chi connectivity index (χ1) is 31.2. The lowest BCUT2D eigenvalue weighted by atomic mass is 9.85. The fraction of sp³-hybridized carbons (Fsp3) is 0.596. The van der Waals surface area contributed by atoms with E-state index in [1.54, 1.807) is 4.90 Å². The van der Waals surface area contributed by atoms with Gasteiger partial charge in [0, 0.05) is 61.7 Å². The van der Waals surface area contributed by atoms with Crippen molar-refractivity contribution in [1.82, 2.24) is 30.5 Å². The molecule has 3 heterocycles. The molecule has 13 nitrogen and oxygen atoms in total. The van der Waals surface area contributed by atoms with E-state index in [0.717, 1.165) is 46.6 Å². The number of imide groups is 1. The van der Waals surface area contributed by atoms with Crippen LogP contribution in [0.3, 0.4) is 0 Å². The van der Waals surface area contributed by atoms with Gasteiger partial charge in [-0.15, -0.1) is 5.10 Å². The number of carbonyl (C=O) groups is 5. The maximum atomic E-state index is 13.9. The van der Waals surface area contributed by atoms with Gasteiger partial charge >= 0.3 is 0 Å². The molecule has 3 aromatic rings. The van der Waals surface area contributed by atoms with Crippen LogP contribution >= 0.6 is 10.0 Å². The third kappa shape index (κ3) is 10.5. The van der Waals surface area contributed by atoms with Crippen LogP contribution in [-0.2, 0) is 35.3 Å². The van der Waals surface area contributed by atoms with Gasteiger partial charge in [-0.25, -0.2) is 14.7 Å². The van der Waals surface area contributed by atoms with Gasteiger partial charge in [0.1, 0.15) is 5.69 Å². The number of nitrogens with zero attached hydrogens (tertiary/aromatic N) is 5. The highest BCUT2D eigenvalue weighted by molar-refractivity contribution is 8.33. The minimum absolute atomic E-state index is 0.0507. The highest BCUT2D eigenvalue weighted by atomic mass is 32.3. The summed E-state index contributed by atoms with van der Waals surface area (Å²) in [6.45, 7) is 17.5. The Hall–Kier alpha value is -4.82. The second-order valence-corrected chi connectivity index (χ2v) is 25.8. The van der Waals surface area contributed by atoms with Gasteiger partial charge in [-0.3, -0.25) is 28.9 Å². The van der Waals surface area contributed by atoms with Crippen molar-refractivity contribution in [2.75, 3.05) is 42.9 Å². The number of likely N-dealkylation sites (tertiary alicyclic amines) is 1. The quantitative estimate of drug-likeness (QED) is 0.0852. The summed E-state index contributed by atoms with van der Waals surface area (Å²) in [6, 6.07) is 15.9. The van der Waals surface area contributed by atoms with E-state index in [0.29, 0.717) is 37.2 Å². The van der Waals surface area contributed by atoms with Crippen molar-refractivity contribution < 1.29 is 28.7 Å². The molecular weight excluding hydrogens is 851 g/mol. The van der Waals surface area contributed by atoms with Crippen LogP contribution in [0.5, 0.6) is 0 Å². The smallest absolute Gasteiger partial charge is 0.233 e. The van der Waals surface area contributed by atoms with Crippen molar-refractivity contribution in [3.63, 3.8) is 0 Å². The molecule has 1 saturated heterocycles. The van der Waals surface area contributed by atoms with Gasteiger partial charge in [0.2, 0.25) is 29.5 Å². The van der Waals surface area contributed by atoms with E-state index in [1.807, 2.05) is 74.8 Å². The van der Waals surface area contributed by atoms with Crippen molar-refractivity contribution in [2.45, 2.75) is 129 Å². The van der Waals surface area contributed by atoms with E-state index >= 15 is 0 Å². The first-order valence-electron chi connectivity index (χ1n) is 24.1. The lowest BCUT2D eigenvalue weighted by Crippen LogP contribution is -2.46. The Kier molecular flexibility index (Phi) is 14.7. The van der Waals surface area contributed by atoms with Gasteiger partial charge in [-0.1, -0.05) is 73.7 Å². The predicted molar refractivity (Wildman–Crippen MR) is 263 cm³/mol. The molecule has 66 heavy (non-hydrogen) atoms. The normalized spacial score (nSPS) is 21.4. The summed E-state index contributed by atoms with van der Waals surface area (Å²) in [7, 11) is -0.657. The van der Waals surface area contributed by atoms with Gasteiger partial charge in [0.05, 0.1) is 35.4 Å². The Labute approximate surface area is 393 Å². The van der Waals surface area contributed by atoms with E-state index in [2.05, 4.69) is 79.4 Å². The fourth-order valence-electron chi connectivity index (χ4n) is 10.4. The zero-order valence-electron chi connectivity index (χ0n) is 40.9. The second kappa shape index (κ2) is 19.8. The van der Waals surface area contributed by atoms with E-state index in [-0.39, 0.29) is 91.6 Å². The number of nitrogens with one attached hydrogen (secondary N) is 2. The summed E-state index contributed by atoms with van der Waals surface area (Å²) in [5.41, 5.74) is 4.02. The second-order valence-electron chi connectivity index (χ2n) is 21.2. The van der Waals surface area contributed by atoms with E-state index in [4.69, 9.17) is 4.74 Å². The fourth-order valence-corrected chi connectivity index (χ4v) is 11.7. The van der Waals surface area contributed by atoms with Crippen LogP contribution in [0, 0.1) is 29.6 Å². The lowest BCUT2D eigenvalue weighted by Gasteiger charge is -2.36. The highest BCUT2D eigenvalue weighted by Crippen LogP contribution is 2.58. The van der Waals surface area contributed by atoms with Gasteiger partial charge in [0.15, 0.2) is 0 Å². The average molecular weight is 924 g/mol. The van der Waals surface area contributed by atoms with E-state index in [1.165, 1.54) is 10.7 Å². The number of benzene rings is 2. The Bertz CT molecular complexity index is 2300. The number of para-hydroxylation sites is 1. The summed E-state index contributed by atoms with van der Waals surface area (Å²) in [6.07, 6.45) is 12.7. The zero-order valence-corrected chi connectivity index (χ0v) is 41.7. The summed E-state index contributed by atoms with van der Waals surface area (Å²) in [4.78, 5) is 70.6. The zero-order chi connectivity index (χ0) is 47.7. The van der Waals surface area contributed by atoms with Crippen molar-refractivity contribution >= 4 is 45.3 Å². The molecule has 0 radical (unpaired) electrons. The number of allylic oxidation sites excluding steroid dienone is 2. The van der Waals surface area contributed by atoms with Crippen molar-refractivity contribution in [1.29, 1.82) is 0 Å². The number of carbonyl (C=O) groups excluding carboxylic acids is 5. The van der Waals surface area contributed by atoms with Crippen LogP contribution in [0.1, 0.15) is 112 Å². The Morgan fingerprint density at radius 1 is 0.848 bits per heavy atom. The molecule has 2 aliphatic heterocycles. The maximum Gasteiger partial charge on any atom is 0.233 e. The number of hydrogen-bond acceptors (Lipinski definition) is 8. The van der Waals surface area contributed by atoms with E-state index < -0.39 is 21.2 Å². The molecule has 4 unspecified atom stereocenters. The molecule has 358 valence electrons. The van der Waals surface area contributed by atoms with Crippen molar-refractivity contribution in [3.8, 4) is 22.5 Å². The van der Waals surface area contributed by atoms with E-state index in [9.17, 15) is 24.0 Å². The van der Waals surface area contributed by atoms with Crippen LogP contribution in [-0.4, -0.2) is 104 Å². The molecule has 2 bridgehead atoms. The third-order valence-electron chi connectivity index (χ3n) is 14.8. The van der Waals surface area contributed by atoms with Gasteiger partial charge in [-0.05, 0) is 120 Å². The number of aromatic nitrogens is 3. The van der Waals surface area contributed by atoms with Gasteiger partial charge in [0.25, 0.3) is 0 Å². The standard InChI is InChI=1S/C52H73N7O6S/c1-33(2)59-48-36-17-12-11-16-35(36)32-58(41-20-14-13-18-40(41)47(48)55-56-59)44(62)24-28-53-42(60)23-26-52(7,8)65-30-27-51(5,6)54-43(61)25-29-57-49(63)45-38-21-22-39(46(45)50(57)64)37(38)19-15-31-66(9,10)34(3)4/h11-14,16-18,20-22,33-34,37-39,45-46H,15,19,23-32H2,1-10H3,(H,53,60)(H,54,61). The Morgan fingerprint density at radius 3 is 2.17 bits per heavy atom. The molecule has 1 aromatic heterocycles. The monoisotopic (exact) mass is 924 g/mol. The summed E-state index contributed by atoms with van der Waals surface area (Å²) in [5.74, 6) is 0.507. The first-order valence-corrected chi connectivity index (χ1v) is 26.8. The van der Waals surface area contributed by atoms with Gasteiger partial charge in [-0.2, -0.15) is 0 Å². The number of ether oxygens (including phenoxy) is 1. The van der Waals surface area contributed by atoms with Crippen molar-refractivity contribution in [2.24, 2.45) is 29.6 Å². The SMILES string of the molecule is CC(C)n1nnc2c1-c1ccccc1CN(C(=O)CCNC(=O)CCC(C)(C)OCCC(C)(C)NC(=O)CCN1C(=O)C3C4C=CC(C4CCCS(C)(C)C(C)C)C3C1=O)c1ccccc1-2. The molecule has 2 aliphatic carbocycles. The summed E-state index contributed by atoms with van der Waals surface area (Å²) in [5, 5.41) is 15.8. The molecular formula is C52H73N7O6S. The number of amides is 5. The average Bonchev–Trinajstić information content (AvgIpc) is 4.01. The molecule has 14 heteroatoms. The molecule has 4 atom stereocenters. The number of rotatable bonds is 20. The van der Waals surface area contributed by atoms with Crippen LogP contribution in [0.25, 0.3) is 22.5 Å². The Balaban J connectivity index is 0.823.